The number of rotatable bonds is 5. The second kappa shape index (κ2) is 6.91. The number of nitrogens with one attached hydrogen (secondary N) is 1. The topological polar surface area (TPSA) is 129 Å². The van der Waals surface area contributed by atoms with Gasteiger partial charge in [0.1, 0.15) is 5.69 Å². The van der Waals surface area contributed by atoms with Gasteiger partial charge in [-0.2, -0.15) is 0 Å². The number of esters is 1. The van der Waals surface area contributed by atoms with Crippen molar-refractivity contribution in [3.8, 4) is 11.5 Å². The second-order valence-corrected chi connectivity index (χ2v) is 5.92. The third-order valence-corrected chi connectivity index (χ3v) is 4.24. The van der Waals surface area contributed by atoms with Gasteiger partial charge in [0, 0.05) is 6.07 Å². The Hall–Kier alpha value is -4.08. The number of carbonyl (C=O) groups is 1. The third kappa shape index (κ3) is 2.96. The van der Waals surface area contributed by atoms with E-state index in [1.54, 1.807) is 18.2 Å². The molecule has 1 N–H and O–H groups in total. The third-order valence-electron chi connectivity index (χ3n) is 4.24. The summed E-state index contributed by atoms with van der Waals surface area (Å²) in [6.45, 7) is 0.0352. The summed E-state index contributed by atoms with van der Waals surface area (Å²) in [6.07, 6.45) is 0. The molecule has 4 rings (SSSR count). The van der Waals surface area contributed by atoms with Crippen molar-refractivity contribution in [1.29, 1.82) is 0 Å². The van der Waals surface area contributed by atoms with Gasteiger partial charge in [0.15, 0.2) is 5.82 Å². The van der Waals surface area contributed by atoms with E-state index in [0.29, 0.717) is 22.6 Å². The van der Waals surface area contributed by atoms with Gasteiger partial charge in [0.25, 0.3) is 5.69 Å². The first-order valence-electron chi connectivity index (χ1n) is 8.27. The van der Waals surface area contributed by atoms with Crippen molar-refractivity contribution in [1.82, 2.24) is 25.0 Å². The van der Waals surface area contributed by atoms with Crippen LogP contribution >= 0.6 is 0 Å². The average Bonchev–Trinajstić information content (AvgIpc) is 3.31. The van der Waals surface area contributed by atoms with Gasteiger partial charge in [-0.15, -0.1) is 5.10 Å². The number of H-pyrrole nitrogens is 1. The molecular formula is C18H14N6O4. The Kier molecular flexibility index (Phi) is 4.28. The van der Waals surface area contributed by atoms with Gasteiger partial charge < -0.3 is 9.72 Å². The van der Waals surface area contributed by atoms with Crippen molar-refractivity contribution < 1.29 is 14.5 Å². The lowest BCUT2D eigenvalue weighted by Crippen LogP contribution is -2.09. The van der Waals surface area contributed by atoms with Crippen LogP contribution in [0.2, 0.25) is 0 Å². The number of benzene rings is 2. The number of aromatic nitrogens is 5. The Balaban J connectivity index is 1.86. The molecule has 10 nitrogen and oxygen atoms in total. The standard InChI is InChI=1S/C18H14N6O4/c1-28-18(25)15-16(17-19-12-7-3-4-8-13(12)20-17)23(22-21-15)10-11-6-2-5-9-14(11)24(26)27/h2-9H,10H2,1H3,(H,19,20). The number of nitro benzene ring substituents is 1. The van der Waals surface area contributed by atoms with Crippen LogP contribution in [0.5, 0.6) is 0 Å². The monoisotopic (exact) mass is 378 g/mol. The summed E-state index contributed by atoms with van der Waals surface area (Å²) in [5.41, 5.74) is 2.11. The summed E-state index contributed by atoms with van der Waals surface area (Å²) < 4.78 is 6.19. The van der Waals surface area contributed by atoms with E-state index in [1.165, 1.54) is 17.9 Å². The molecule has 4 aromatic rings. The van der Waals surface area contributed by atoms with Gasteiger partial charge in [0.2, 0.25) is 5.69 Å². The number of para-hydroxylation sites is 3. The summed E-state index contributed by atoms with van der Waals surface area (Å²) in [5.74, 6) is -0.311. The van der Waals surface area contributed by atoms with Crippen molar-refractivity contribution in [3.05, 3.63) is 69.9 Å². The molecule has 0 aliphatic carbocycles. The van der Waals surface area contributed by atoms with Crippen LogP contribution in [0.1, 0.15) is 16.1 Å². The molecule has 0 amide bonds. The first kappa shape index (κ1) is 17.3. The minimum Gasteiger partial charge on any atom is -0.464 e. The predicted octanol–water partition coefficient (Wildman–Crippen LogP) is 2.56. The van der Waals surface area contributed by atoms with Gasteiger partial charge in [-0.1, -0.05) is 35.5 Å². The lowest BCUT2D eigenvalue weighted by molar-refractivity contribution is -0.385. The number of carbonyl (C=O) groups excluding carboxylic acids is 1. The minimum atomic E-state index is -0.677. The number of aromatic amines is 1. The van der Waals surface area contributed by atoms with Gasteiger partial charge in [-0.3, -0.25) is 10.1 Å². The smallest absolute Gasteiger partial charge is 0.361 e. The van der Waals surface area contributed by atoms with Gasteiger partial charge in [0.05, 0.1) is 35.2 Å². The molecule has 0 radical (unpaired) electrons. The van der Waals surface area contributed by atoms with Crippen LogP contribution in [0.4, 0.5) is 5.69 Å². The first-order chi connectivity index (χ1) is 13.6. The molecule has 140 valence electrons. The first-order valence-corrected chi connectivity index (χ1v) is 8.27. The number of nitrogens with zero attached hydrogens (tertiary/aromatic N) is 5. The van der Waals surface area contributed by atoms with Gasteiger partial charge in [-0.25, -0.2) is 14.5 Å². The van der Waals surface area contributed by atoms with E-state index < -0.39 is 10.9 Å². The Labute approximate surface area is 157 Å². The van der Waals surface area contributed by atoms with Gasteiger partial charge >= 0.3 is 5.97 Å². The zero-order valence-corrected chi connectivity index (χ0v) is 14.7. The van der Waals surface area contributed by atoms with E-state index in [1.807, 2.05) is 24.3 Å². The fraction of sp³-hybridized carbons (Fsp3) is 0.111. The predicted molar refractivity (Wildman–Crippen MR) is 98.6 cm³/mol. The van der Waals surface area contributed by atoms with Crippen LogP contribution in [0.25, 0.3) is 22.6 Å². The van der Waals surface area contributed by atoms with E-state index in [0.717, 1.165) is 5.52 Å². The summed E-state index contributed by atoms with van der Waals surface area (Å²) in [5, 5.41) is 19.2. The Morgan fingerprint density at radius 3 is 2.71 bits per heavy atom. The molecule has 2 aromatic carbocycles. The Morgan fingerprint density at radius 2 is 1.96 bits per heavy atom. The molecule has 0 saturated heterocycles. The van der Waals surface area contributed by atoms with Crippen molar-refractivity contribution in [2.24, 2.45) is 0 Å². The highest BCUT2D eigenvalue weighted by Crippen LogP contribution is 2.26. The Bertz CT molecular complexity index is 1160. The van der Waals surface area contributed by atoms with E-state index >= 15 is 0 Å². The van der Waals surface area contributed by atoms with Crippen LogP contribution in [0.3, 0.4) is 0 Å². The summed E-state index contributed by atoms with van der Waals surface area (Å²) in [7, 11) is 1.24. The highest BCUT2D eigenvalue weighted by atomic mass is 16.6. The van der Waals surface area contributed by atoms with Crippen LogP contribution in [-0.4, -0.2) is 43.0 Å². The average molecular weight is 378 g/mol. The fourth-order valence-electron chi connectivity index (χ4n) is 2.94. The highest BCUT2D eigenvalue weighted by molar-refractivity contribution is 5.94. The lowest BCUT2D eigenvalue weighted by Gasteiger charge is -2.06. The number of hydrogen-bond acceptors (Lipinski definition) is 7. The maximum absolute atomic E-state index is 12.2. The molecule has 0 fully saturated rings. The largest absolute Gasteiger partial charge is 0.464 e. The van der Waals surface area contributed by atoms with Gasteiger partial charge in [-0.05, 0) is 12.1 Å². The molecule has 0 spiro atoms. The van der Waals surface area contributed by atoms with E-state index in [2.05, 4.69) is 20.3 Å². The fourth-order valence-corrected chi connectivity index (χ4v) is 2.94. The number of imidazole rings is 1. The van der Waals surface area contributed by atoms with Crippen LogP contribution in [0.15, 0.2) is 48.5 Å². The number of nitro groups is 1. The van der Waals surface area contributed by atoms with E-state index in [-0.39, 0.29) is 17.9 Å². The van der Waals surface area contributed by atoms with Crippen LogP contribution < -0.4 is 0 Å². The normalized spacial score (nSPS) is 10.9. The zero-order chi connectivity index (χ0) is 19.7. The summed E-state index contributed by atoms with van der Waals surface area (Å²) in [4.78, 5) is 30.6. The molecule has 2 heterocycles. The molecule has 0 atom stereocenters. The van der Waals surface area contributed by atoms with Crippen molar-refractivity contribution in [3.63, 3.8) is 0 Å². The maximum Gasteiger partial charge on any atom is 0.361 e. The van der Waals surface area contributed by atoms with Crippen molar-refractivity contribution >= 4 is 22.7 Å². The maximum atomic E-state index is 12.2. The summed E-state index contributed by atoms with van der Waals surface area (Å²) >= 11 is 0. The van der Waals surface area contributed by atoms with Crippen molar-refractivity contribution in [2.45, 2.75) is 6.54 Å². The number of methoxy groups -OCH3 is 1. The molecule has 0 saturated carbocycles. The molecule has 0 unspecified atom stereocenters. The molecule has 0 aliphatic heterocycles. The highest BCUT2D eigenvalue weighted by Gasteiger charge is 2.25. The quantitative estimate of drug-likeness (QED) is 0.321. The van der Waals surface area contributed by atoms with E-state index in [9.17, 15) is 14.9 Å². The van der Waals surface area contributed by atoms with E-state index in [4.69, 9.17) is 4.74 Å². The molecule has 0 bridgehead atoms. The number of fused-ring (bicyclic) bond motifs is 1. The molecule has 28 heavy (non-hydrogen) atoms. The van der Waals surface area contributed by atoms with Crippen LogP contribution in [-0.2, 0) is 11.3 Å². The van der Waals surface area contributed by atoms with Crippen molar-refractivity contribution in [2.75, 3.05) is 7.11 Å². The molecular weight excluding hydrogens is 364 g/mol. The molecule has 10 heteroatoms. The lowest BCUT2D eigenvalue weighted by atomic mass is 10.2. The number of ether oxygens (including phenoxy) is 1. The minimum absolute atomic E-state index is 0.0276. The summed E-state index contributed by atoms with van der Waals surface area (Å²) in [6, 6.07) is 13.7. The second-order valence-electron chi connectivity index (χ2n) is 5.92. The SMILES string of the molecule is COC(=O)c1nnn(Cc2ccccc2[N+](=O)[O-])c1-c1nc2ccccc2[nH]1. The number of hydrogen-bond donors (Lipinski definition) is 1. The molecule has 2 aromatic heterocycles. The molecule has 0 aliphatic rings. The zero-order valence-electron chi connectivity index (χ0n) is 14.7. The van der Waals surface area contributed by atoms with Crippen LogP contribution in [0, 0.1) is 10.1 Å². The Morgan fingerprint density at radius 1 is 1.21 bits per heavy atom.